The van der Waals surface area contributed by atoms with Crippen LogP contribution < -0.4 is 0 Å². The van der Waals surface area contributed by atoms with Crippen molar-refractivity contribution in [3.8, 4) is 0 Å². The molecular formula is C13H16N2O3. The Morgan fingerprint density at radius 2 is 2.33 bits per heavy atom. The topological polar surface area (TPSA) is 61.2 Å². The van der Waals surface area contributed by atoms with Crippen molar-refractivity contribution in [3.63, 3.8) is 0 Å². The summed E-state index contributed by atoms with van der Waals surface area (Å²) in [6, 6.07) is 0. The Hall–Kier alpha value is -1.91. The Balaban J connectivity index is 2.11. The molecular weight excluding hydrogens is 232 g/mol. The number of carbonyl (C=O) groups excluding carboxylic acids is 2. The lowest BCUT2D eigenvalue weighted by Crippen LogP contribution is -2.15. The molecule has 1 aliphatic rings. The number of aryl methyl sites for hydroxylation is 1. The van der Waals surface area contributed by atoms with Gasteiger partial charge in [0.2, 0.25) is 0 Å². The first-order valence-electron chi connectivity index (χ1n) is 6.01. The quantitative estimate of drug-likeness (QED) is 0.764. The lowest BCUT2D eigenvalue weighted by Gasteiger charge is -2.20. The summed E-state index contributed by atoms with van der Waals surface area (Å²) >= 11 is 0. The van der Waals surface area contributed by atoms with Crippen LogP contribution in [0.25, 0.3) is 0 Å². The number of nitrogens with zero attached hydrogens (tertiary/aromatic N) is 2. The van der Waals surface area contributed by atoms with Crippen molar-refractivity contribution in [2.75, 3.05) is 0 Å². The molecule has 96 valence electrons. The average molecular weight is 248 g/mol. The van der Waals surface area contributed by atoms with E-state index < -0.39 is 0 Å². The second kappa shape index (κ2) is 5.16. The van der Waals surface area contributed by atoms with Crippen LogP contribution in [0, 0.1) is 0 Å². The molecule has 18 heavy (non-hydrogen) atoms. The normalized spacial score (nSPS) is 19.6. The predicted molar refractivity (Wildman–Crippen MR) is 64.7 cm³/mol. The molecule has 5 heteroatoms. The summed E-state index contributed by atoms with van der Waals surface area (Å²) in [4.78, 5) is 22.9. The maximum atomic E-state index is 11.6. The van der Waals surface area contributed by atoms with Gasteiger partial charge >= 0.3 is 5.97 Å². The fraction of sp³-hybridized carbons (Fsp3) is 0.462. The average Bonchev–Trinajstić information content (AvgIpc) is 2.75. The van der Waals surface area contributed by atoms with E-state index in [1.54, 1.807) is 17.8 Å². The van der Waals surface area contributed by atoms with E-state index >= 15 is 0 Å². The number of aromatic nitrogens is 2. The molecule has 0 radical (unpaired) electrons. The van der Waals surface area contributed by atoms with Crippen molar-refractivity contribution in [1.29, 1.82) is 0 Å². The Labute approximate surface area is 105 Å². The number of rotatable bonds is 3. The fourth-order valence-electron chi connectivity index (χ4n) is 2.03. The summed E-state index contributed by atoms with van der Waals surface area (Å²) in [5.74, 6) is 0.206. The summed E-state index contributed by atoms with van der Waals surface area (Å²) in [6.45, 7) is 1.73. The van der Waals surface area contributed by atoms with Gasteiger partial charge in [-0.1, -0.05) is 6.92 Å². The number of allylic oxidation sites excluding steroid dienone is 2. The molecule has 1 aromatic heterocycles. The fourth-order valence-corrected chi connectivity index (χ4v) is 2.03. The summed E-state index contributed by atoms with van der Waals surface area (Å²) in [7, 11) is 1.84. The van der Waals surface area contributed by atoms with E-state index in [4.69, 9.17) is 4.74 Å². The standard InChI is InChI=1S/C13H16N2O3/c1-3-13(17)18-12-5-9(4-11(16)6-12)10-7-14-15(2)8-10/h6-9H,3-5H2,1-2H3. The molecule has 1 atom stereocenters. The van der Waals surface area contributed by atoms with Gasteiger partial charge in [-0.3, -0.25) is 14.3 Å². The zero-order chi connectivity index (χ0) is 13.1. The molecule has 0 amide bonds. The highest BCUT2D eigenvalue weighted by molar-refractivity contribution is 5.92. The largest absolute Gasteiger partial charge is 0.431 e. The van der Waals surface area contributed by atoms with Crippen LogP contribution in [-0.4, -0.2) is 21.5 Å². The summed E-state index contributed by atoms with van der Waals surface area (Å²) in [5.41, 5.74) is 1.00. The lowest BCUT2D eigenvalue weighted by atomic mass is 9.88. The van der Waals surface area contributed by atoms with Crippen molar-refractivity contribution in [3.05, 3.63) is 29.8 Å². The van der Waals surface area contributed by atoms with Gasteiger partial charge in [-0.05, 0) is 5.56 Å². The van der Waals surface area contributed by atoms with Crippen LogP contribution in [0.4, 0.5) is 0 Å². The molecule has 0 saturated carbocycles. The number of ketones is 1. The minimum absolute atomic E-state index is 0.00555. The minimum Gasteiger partial charge on any atom is -0.431 e. The maximum Gasteiger partial charge on any atom is 0.310 e. The third-order valence-electron chi connectivity index (χ3n) is 2.95. The van der Waals surface area contributed by atoms with Crippen LogP contribution in [-0.2, 0) is 21.4 Å². The molecule has 2 rings (SSSR count). The van der Waals surface area contributed by atoms with E-state index in [2.05, 4.69) is 5.10 Å². The van der Waals surface area contributed by atoms with E-state index in [1.807, 2.05) is 13.2 Å². The van der Waals surface area contributed by atoms with Gasteiger partial charge in [0.15, 0.2) is 5.78 Å². The van der Waals surface area contributed by atoms with Crippen LogP contribution in [0.1, 0.15) is 37.7 Å². The van der Waals surface area contributed by atoms with E-state index in [-0.39, 0.29) is 17.7 Å². The molecule has 1 heterocycles. The first-order chi connectivity index (χ1) is 8.58. The van der Waals surface area contributed by atoms with Gasteiger partial charge < -0.3 is 4.74 Å². The summed E-state index contributed by atoms with van der Waals surface area (Å²) in [6.07, 6.45) is 6.40. The molecule has 1 unspecified atom stereocenters. The first-order valence-corrected chi connectivity index (χ1v) is 6.01. The summed E-state index contributed by atoms with van der Waals surface area (Å²) in [5, 5.41) is 4.10. The van der Waals surface area contributed by atoms with Crippen molar-refractivity contribution in [2.24, 2.45) is 7.05 Å². The Kier molecular flexibility index (Phi) is 3.60. The molecule has 0 saturated heterocycles. The molecule has 0 aliphatic heterocycles. The van der Waals surface area contributed by atoms with Crippen LogP contribution in [0.5, 0.6) is 0 Å². The number of ether oxygens (including phenoxy) is 1. The van der Waals surface area contributed by atoms with Gasteiger partial charge in [0.05, 0.1) is 6.20 Å². The molecule has 0 bridgehead atoms. The molecule has 0 aromatic carbocycles. The predicted octanol–water partition coefficient (Wildman–Crippen LogP) is 1.70. The third kappa shape index (κ3) is 2.85. The zero-order valence-electron chi connectivity index (χ0n) is 10.5. The van der Waals surface area contributed by atoms with E-state index in [9.17, 15) is 9.59 Å². The van der Waals surface area contributed by atoms with Gasteiger partial charge in [-0.15, -0.1) is 0 Å². The highest BCUT2D eigenvalue weighted by Gasteiger charge is 2.25. The van der Waals surface area contributed by atoms with Gasteiger partial charge in [0.25, 0.3) is 0 Å². The Bertz CT molecular complexity index is 502. The molecule has 1 aromatic rings. The highest BCUT2D eigenvalue weighted by atomic mass is 16.5. The smallest absolute Gasteiger partial charge is 0.310 e. The van der Waals surface area contributed by atoms with Crippen molar-refractivity contribution < 1.29 is 14.3 Å². The second-order valence-electron chi connectivity index (χ2n) is 4.46. The Morgan fingerprint density at radius 3 is 2.94 bits per heavy atom. The number of hydrogen-bond acceptors (Lipinski definition) is 4. The van der Waals surface area contributed by atoms with Crippen LogP contribution >= 0.6 is 0 Å². The Morgan fingerprint density at radius 1 is 1.56 bits per heavy atom. The van der Waals surface area contributed by atoms with E-state index in [0.29, 0.717) is 25.0 Å². The van der Waals surface area contributed by atoms with E-state index in [1.165, 1.54) is 6.08 Å². The van der Waals surface area contributed by atoms with Crippen LogP contribution in [0.3, 0.4) is 0 Å². The van der Waals surface area contributed by atoms with Gasteiger partial charge in [-0.25, -0.2) is 0 Å². The maximum absolute atomic E-state index is 11.6. The number of carbonyl (C=O) groups is 2. The SMILES string of the molecule is CCC(=O)OC1=CC(=O)CC(c2cnn(C)c2)C1. The molecule has 0 N–H and O–H groups in total. The molecule has 1 aliphatic carbocycles. The van der Waals surface area contributed by atoms with Crippen molar-refractivity contribution in [2.45, 2.75) is 32.1 Å². The minimum atomic E-state index is -0.305. The summed E-state index contributed by atoms with van der Waals surface area (Å²) < 4.78 is 6.85. The van der Waals surface area contributed by atoms with Crippen molar-refractivity contribution in [1.82, 2.24) is 9.78 Å². The second-order valence-corrected chi connectivity index (χ2v) is 4.46. The monoisotopic (exact) mass is 248 g/mol. The van der Waals surface area contributed by atoms with Crippen LogP contribution in [0.15, 0.2) is 24.2 Å². The van der Waals surface area contributed by atoms with Gasteiger partial charge in [0, 0.05) is 44.5 Å². The lowest BCUT2D eigenvalue weighted by molar-refractivity contribution is -0.139. The van der Waals surface area contributed by atoms with E-state index in [0.717, 1.165) is 5.56 Å². The molecule has 5 nitrogen and oxygen atoms in total. The highest BCUT2D eigenvalue weighted by Crippen LogP contribution is 2.31. The van der Waals surface area contributed by atoms with Crippen molar-refractivity contribution >= 4 is 11.8 Å². The van der Waals surface area contributed by atoms with Crippen LogP contribution in [0.2, 0.25) is 0 Å². The van der Waals surface area contributed by atoms with Gasteiger partial charge in [0.1, 0.15) is 5.76 Å². The number of esters is 1. The molecule has 0 fully saturated rings. The zero-order valence-corrected chi connectivity index (χ0v) is 10.5. The number of hydrogen-bond donors (Lipinski definition) is 0. The molecule has 0 spiro atoms. The first kappa shape index (κ1) is 12.5. The van der Waals surface area contributed by atoms with Gasteiger partial charge in [-0.2, -0.15) is 5.10 Å². The third-order valence-corrected chi connectivity index (χ3v) is 2.95.